The number of halogens is 2. The van der Waals surface area contributed by atoms with Gasteiger partial charge in [0.25, 0.3) is 5.91 Å². The van der Waals surface area contributed by atoms with E-state index in [1.807, 2.05) is 0 Å². The van der Waals surface area contributed by atoms with Gasteiger partial charge in [-0.25, -0.2) is 0 Å². The molecule has 0 fully saturated rings. The topological polar surface area (TPSA) is 76.7 Å². The van der Waals surface area contributed by atoms with E-state index in [9.17, 15) is 4.79 Å². The maximum absolute atomic E-state index is 11.5. The molecule has 16 heavy (non-hydrogen) atoms. The fourth-order valence-corrected chi connectivity index (χ4v) is 2.06. The van der Waals surface area contributed by atoms with Crippen molar-refractivity contribution in [2.24, 2.45) is 10.9 Å². The number of hydrazone groups is 1. The lowest BCUT2D eigenvalue weighted by atomic mass is 10.1. The second-order valence-corrected chi connectivity index (χ2v) is 3.84. The van der Waals surface area contributed by atoms with E-state index >= 15 is 0 Å². The van der Waals surface area contributed by atoms with Gasteiger partial charge in [-0.2, -0.15) is 5.10 Å². The van der Waals surface area contributed by atoms with Gasteiger partial charge in [0.2, 0.25) is 0 Å². The molecule has 3 N–H and O–H groups in total. The number of rotatable bonds is 1. The molecular formula is C9H7Cl2N3O2. The predicted octanol–water partition coefficient (Wildman–Crippen LogP) is 1.62. The van der Waals surface area contributed by atoms with Crippen molar-refractivity contribution in [1.82, 2.24) is 0 Å². The number of hydrogen-bond donors (Lipinski definition) is 2. The highest BCUT2D eigenvalue weighted by Gasteiger charge is 2.32. The van der Waals surface area contributed by atoms with Crippen LogP contribution in [0.25, 0.3) is 0 Å². The number of carbonyl (C=O) groups is 1. The molecule has 1 aromatic carbocycles. The summed E-state index contributed by atoms with van der Waals surface area (Å²) in [6.45, 7) is 0. The summed E-state index contributed by atoms with van der Waals surface area (Å²) < 4.78 is 5.03. The van der Waals surface area contributed by atoms with E-state index in [1.165, 1.54) is 13.2 Å². The van der Waals surface area contributed by atoms with Crippen LogP contribution in [0, 0.1) is 0 Å². The number of nitrogens with one attached hydrogen (secondary N) is 1. The van der Waals surface area contributed by atoms with Crippen LogP contribution in [0.5, 0.6) is 5.75 Å². The summed E-state index contributed by atoms with van der Waals surface area (Å²) in [7, 11) is 1.45. The van der Waals surface area contributed by atoms with Crippen LogP contribution < -0.4 is 15.9 Å². The first-order valence-corrected chi connectivity index (χ1v) is 5.01. The fourth-order valence-electron chi connectivity index (χ4n) is 1.51. The first kappa shape index (κ1) is 11.0. The van der Waals surface area contributed by atoms with E-state index in [-0.39, 0.29) is 10.7 Å². The Labute approximate surface area is 101 Å². The number of carbonyl (C=O) groups excluding carboxylic acids is 1. The number of amides is 1. The van der Waals surface area contributed by atoms with E-state index in [0.717, 1.165) is 0 Å². The number of anilines is 1. The zero-order valence-electron chi connectivity index (χ0n) is 8.17. The molecule has 2 rings (SSSR count). The van der Waals surface area contributed by atoms with E-state index in [2.05, 4.69) is 10.4 Å². The van der Waals surface area contributed by atoms with Gasteiger partial charge >= 0.3 is 0 Å². The molecule has 1 aliphatic heterocycles. The molecule has 0 aromatic heterocycles. The van der Waals surface area contributed by atoms with Gasteiger partial charge < -0.3 is 15.9 Å². The molecule has 1 amide bonds. The van der Waals surface area contributed by atoms with Crippen LogP contribution in [-0.2, 0) is 4.79 Å². The van der Waals surface area contributed by atoms with Crippen LogP contribution in [0.4, 0.5) is 5.69 Å². The van der Waals surface area contributed by atoms with Crippen molar-refractivity contribution in [3.63, 3.8) is 0 Å². The highest BCUT2D eigenvalue weighted by Crippen LogP contribution is 2.42. The Morgan fingerprint density at radius 3 is 2.75 bits per heavy atom. The van der Waals surface area contributed by atoms with Crippen molar-refractivity contribution in [1.29, 1.82) is 0 Å². The largest absolute Gasteiger partial charge is 0.495 e. The number of nitrogens with zero attached hydrogens (tertiary/aromatic N) is 1. The number of benzene rings is 1. The molecule has 0 aliphatic carbocycles. The summed E-state index contributed by atoms with van der Waals surface area (Å²) in [6, 6.07) is 1.52. The minimum absolute atomic E-state index is 0.0424. The van der Waals surface area contributed by atoms with Gasteiger partial charge in [0, 0.05) is 6.07 Å². The van der Waals surface area contributed by atoms with Crippen LogP contribution in [0.2, 0.25) is 10.0 Å². The lowest BCUT2D eigenvalue weighted by Crippen LogP contribution is -2.16. The lowest BCUT2D eigenvalue weighted by Gasteiger charge is -2.08. The first-order chi connectivity index (χ1) is 7.60. The van der Waals surface area contributed by atoms with Crippen molar-refractivity contribution in [2.75, 3.05) is 12.4 Å². The number of fused-ring (bicyclic) bond motifs is 1. The number of nitrogens with two attached hydrogens (primary N) is 1. The second kappa shape index (κ2) is 3.84. The minimum atomic E-state index is -0.436. The maximum Gasteiger partial charge on any atom is 0.276 e. The van der Waals surface area contributed by atoms with Crippen molar-refractivity contribution in [3.8, 4) is 5.75 Å². The van der Waals surface area contributed by atoms with Crippen molar-refractivity contribution < 1.29 is 9.53 Å². The Morgan fingerprint density at radius 1 is 1.50 bits per heavy atom. The monoisotopic (exact) mass is 259 g/mol. The summed E-state index contributed by atoms with van der Waals surface area (Å²) in [4.78, 5) is 11.5. The average molecular weight is 260 g/mol. The summed E-state index contributed by atoms with van der Waals surface area (Å²) >= 11 is 12.0. The Balaban J connectivity index is 2.77. The van der Waals surface area contributed by atoms with Gasteiger partial charge in [0.1, 0.15) is 5.75 Å². The average Bonchev–Trinajstić information content (AvgIpc) is 2.61. The van der Waals surface area contributed by atoms with Crippen LogP contribution in [0.15, 0.2) is 11.2 Å². The zero-order valence-corrected chi connectivity index (χ0v) is 9.69. The second-order valence-electron chi connectivity index (χ2n) is 3.06. The molecular weight excluding hydrogens is 253 g/mol. The molecule has 0 bridgehead atoms. The van der Waals surface area contributed by atoms with Gasteiger partial charge in [0.15, 0.2) is 5.71 Å². The normalized spacial score (nSPS) is 16.2. The standard InChI is InChI=1S/C9H7Cl2N3O2/c1-16-4-2-3(10)7-5(6(4)11)8(14-12)9(15)13-7/h2H,12H2,1H3,(H,13,14,15). The predicted molar refractivity (Wildman–Crippen MR) is 62.4 cm³/mol. The smallest absolute Gasteiger partial charge is 0.276 e. The van der Waals surface area contributed by atoms with Gasteiger partial charge in [0.05, 0.1) is 28.4 Å². The van der Waals surface area contributed by atoms with Gasteiger partial charge in [-0.05, 0) is 0 Å². The Bertz CT molecular complexity index is 514. The van der Waals surface area contributed by atoms with Gasteiger partial charge in [-0.3, -0.25) is 4.79 Å². The molecule has 7 heteroatoms. The molecule has 1 heterocycles. The molecule has 5 nitrogen and oxygen atoms in total. The SMILES string of the molecule is COc1cc(Cl)c2c(c1Cl)/C(=N/N)C(=O)N2. The molecule has 1 aliphatic rings. The number of methoxy groups -OCH3 is 1. The summed E-state index contributed by atoms with van der Waals surface area (Å²) in [5, 5.41) is 6.51. The molecule has 0 radical (unpaired) electrons. The van der Waals surface area contributed by atoms with Gasteiger partial charge in [-0.1, -0.05) is 23.2 Å². The molecule has 84 valence electrons. The number of ether oxygens (including phenoxy) is 1. The van der Waals surface area contributed by atoms with Crippen LogP contribution in [0.3, 0.4) is 0 Å². The molecule has 1 aromatic rings. The molecule has 0 unspecified atom stereocenters. The van der Waals surface area contributed by atoms with E-state index in [0.29, 0.717) is 22.0 Å². The Hall–Kier alpha value is -1.46. The lowest BCUT2D eigenvalue weighted by molar-refractivity contribution is -0.110. The minimum Gasteiger partial charge on any atom is -0.495 e. The highest BCUT2D eigenvalue weighted by molar-refractivity contribution is 6.58. The molecule has 0 saturated heterocycles. The van der Waals surface area contributed by atoms with Crippen molar-refractivity contribution in [3.05, 3.63) is 21.7 Å². The van der Waals surface area contributed by atoms with Crippen LogP contribution in [-0.4, -0.2) is 18.7 Å². The highest BCUT2D eigenvalue weighted by atomic mass is 35.5. The summed E-state index contributed by atoms with van der Waals surface area (Å²) in [6.07, 6.45) is 0. The third-order valence-electron chi connectivity index (χ3n) is 2.22. The van der Waals surface area contributed by atoms with E-state index in [4.69, 9.17) is 33.8 Å². The quantitative estimate of drug-likeness (QED) is 0.595. The molecule has 0 saturated carbocycles. The number of hydrogen-bond acceptors (Lipinski definition) is 4. The van der Waals surface area contributed by atoms with Crippen LogP contribution >= 0.6 is 23.2 Å². The van der Waals surface area contributed by atoms with Crippen molar-refractivity contribution in [2.45, 2.75) is 0 Å². The Kier molecular flexibility index (Phi) is 2.65. The van der Waals surface area contributed by atoms with E-state index < -0.39 is 5.91 Å². The summed E-state index contributed by atoms with van der Waals surface area (Å²) in [5.74, 6) is 5.06. The Morgan fingerprint density at radius 2 is 2.19 bits per heavy atom. The molecule has 0 spiro atoms. The first-order valence-electron chi connectivity index (χ1n) is 4.25. The van der Waals surface area contributed by atoms with Crippen molar-refractivity contribution >= 4 is 40.5 Å². The fraction of sp³-hybridized carbons (Fsp3) is 0.111. The van der Waals surface area contributed by atoms with Gasteiger partial charge in [-0.15, -0.1) is 0 Å². The molecule has 0 atom stereocenters. The van der Waals surface area contributed by atoms with E-state index in [1.54, 1.807) is 0 Å². The zero-order chi connectivity index (χ0) is 11.9. The third-order valence-corrected chi connectivity index (χ3v) is 2.90. The van der Waals surface area contributed by atoms with Crippen LogP contribution in [0.1, 0.15) is 5.56 Å². The maximum atomic E-state index is 11.5. The third kappa shape index (κ3) is 1.40. The summed E-state index contributed by atoms with van der Waals surface area (Å²) in [5.41, 5.74) is 0.820.